The molecule has 1 aromatic heterocycles. The molecule has 29 heavy (non-hydrogen) atoms. The number of allylic oxidation sites excluding steroid dienone is 2. The molecule has 0 unspecified atom stereocenters. The molecule has 3 heterocycles. The van der Waals surface area contributed by atoms with Crippen LogP contribution in [0.25, 0.3) is 0 Å². The van der Waals surface area contributed by atoms with Crippen LogP contribution in [-0.4, -0.2) is 72.0 Å². The topological polar surface area (TPSA) is 78.3 Å². The van der Waals surface area contributed by atoms with Crippen molar-refractivity contribution in [2.45, 2.75) is 20.1 Å². The fourth-order valence-electron chi connectivity index (χ4n) is 3.16. The second kappa shape index (κ2) is 9.19. The number of piperazine rings is 1. The first kappa shape index (κ1) is 21.0. The normalized spacial score (nSPS) is 23.6. The van der Waals surface area contributed by atoms with Crippen LogP contribution in [0.3, 0.4) is 0 Å². The van der Waals surface area contributed by atoms with Crippen LogP contribution in [0.4, 0.5) is 10.6 Å². The lowest BCUT2D eigenvalue weighted by Gasteiger charge is -2.33. The van der Waals surface area contributed by atoms with Crippen molar-refractivity contribution in [3.05, 3.63) is 47.3 Å². The summed E-state index contributed by atoms with van der Waals surface area (Å²) < 4.78 is 5.79. The molecular weight excluding hydrogens is 394 g/mol. The van der Waals surface area contributed by atoms with E-state index < -0.39 is 12.3 Å². The van der Waals surface area contributed by atoms with Gasteiger partial charge in [0.15, 0.2) is 0 Å². The molecular formula is C20H24ClN5O3. The highest BCUT2D eigenvalue weighted by atomic mass is 35.5. The molecule has 1 aromatic rings. The van der Waals surface area contributed by atoms with Crippen molar-refractivity contribution in [1.82, 2.24) is 14.8 Å². The van der Waals surface area contributed by atoms with Gasteiger partial charge in [-0.25, -0.2) is 14.7 Å². The van der Waals surface area contributed by atoms with Gasteiger partial charge in [0.1, 0.15) is 11.5 Å². The summed E-state index contributed by atoms with van der Waals surface area (Å²) in [4.78, 5) is 39.6. The number of carbonyl (C=O) groups is 2. The minimum absolute atomic E-state index is 0.332. The summed E-state index contributed by atoms with van der Waals surface area (Å²) in [5.74, 6) is 0.00218. The zero-order valence-electron chi connectivity index (χ0n) is 16.7. The Balaban J connectivity index is 1.95. The van der Waals surface area contributed by atoms with Crippen LogP contribution in [0.15, 0.2) is 47.2 Å². The van der Waals surface area contributed by atoms with Crippen molar-refractivity contribution in [2.75, 3.05) is 38.1 Å². The number of hydrogen-bond acceptors (Lipinski definition) is 6. The average Bonchev–Trinajstić information content (AvgIpc) is 2.97. The fraction of sp³-hybridized carbons (Fsp3) is 0.400. The van der Waals surface area contributed by atoms with Gasteiger partial charge in [0.05, 0.1) is 10.6 Å². The van der Waals surface area contributed by atoms with Crippen LogP contribution in [-0.2, 0) is 9.53 Å². The highest BCUT2D eigenvalue weighted by Gasteiger charge is 2.45. The van der Waals surface area contributed by atoms with Crippen LogP contribution in [0.1, 0.15) is 13.8 Å². The summed E-state index contributed by atoms with van der Waals surface area (Å²) in [7, 11) is 2.01. The Kier molecular flexibility index (Phi) is 6.66. The molecule has 0 saturated carbocycles. The van der Waals surface area contributed by atoms with E-state index in [2.05, 4.69) is 14.9 Å². The van der Waals surface area contributed by atoms with E-state index in [4.69, 9.17) is 16.3 Å². The van der Waals surface area contributed by atoms with Crippen molar-refractivity contribution < 1.29 is 14.3 Å². The zero-order valence-corrected chi connectivity index (χ0v) is 17.5. The number of aliphatic imine (C=N–C) groups is 1. The first-order valence-corrected chi connectivity index (χ1v) is 9.78. The van der Waals surface area contributed by atoms with E-state index in [1.54, 1.807) is 42.3 Å². The Morgan fingerprint density at radius 2 is 2.00 bits per heavy atom. The summed E-state index contributed by atoms with van der Waals surface area (Å²) in [6.07, 6.45) is 4.93. The highest BCUT2D eigenvalue weighted by molar-refractivity contribution is 6.35. The molecule has 0 N–H and O–H groups in total. The maximum atomic E-state index is 13.1. The van der Waals surface area contributed by atoms with Gasteiger partial charge in [0.2, 0.25) is 6.23 Å². The van der Waals surface area contributed by atoms with Gasteiger partial charge in [-0.1, -0.05) is 23.8 Å². The van der Waals surface area contributed by atoms with Crippen LogP contribution < -0.4 is 4.90 Å². The van der Waals surface area contributed by atoms with Crippen LogP contribution in [0.5, 0.6) is 0 Å². The van der Waals surface area contributed by atoms with E-state index in [1.807, 2.05) is 14.0 Å². The second-order valence-electron chi connectivity index (χ2n) is 6.74. The maximum absolute atomic E-state index is 13.1. The van der Waals surface area contributed by atoms with E-state index in [-0.39, 0.29) is 5.91 Å². The third-order valence-electron chi connectivity index (χ3n) is 4.78. The van der Waals surface area contributed by atoms with E-state index in [1.165, 1.54) is 11.1 Å². The number of nitrogens with zero attached hydrogens (tertiary/aromatic N) is 5. The van der Waals surface area contributed by atoms with Crippen molar-refractivity contribution in [2.24, 2.45) is 4.99 Å². The second-order valence-corrected chi connectivity index (χ2v) is 7.17. The Hall–Kier alpha value is -2.71. The number of likely N-dealkylation sites (N-methyl/N-ethyl adjacent to an activating group) is 1. The fourth-order valence-corrected chi connectivity index (χ4v) is 3.27. The molecule has 2 amide bonds. The summed E-state index contributed by atoms with van der Waals surface area (Å²) in [5.41, 5.74) is 0.742. The summed E-state index contributed by atoms with van der Waals surface area (Å²) in [6, 6.07) is 3.25. The Morgan fingerprint density at radius 3 is 2.59 bits per heavy atom. The van der Waals surface area contributed by atoms with Gasteiger partial charge in [-0.2, -0.15) is 0 Å². The van der Waals surface area contributed by atoms with E-state index >= 15 is 0 Å². The third-order valence-corrected chi connectivity index (χ3v) is 5.00. The largest absolute Gasteiger partial charge is 0.419 e. The summed E-state index contributed by atoms with van der Waals surface area (Å²) in [5, 5.41) is 0.445. The molecule has 2 aliphatic rings. The maximum Gasteiger partial charge on any atom is 0.412 e. The van der Waals surface area contributed by atoms with Crippen molar-refractivity contribution in [3.63, 3.8) is 0 Å². The Morgan fingerprint density at radius 1 is 1.28 bits per heavy atom. The molecule has 0 aromatic carbocycles. The zero-order chi connectivity index (χ0) is 21.0. The van der Waals surface area contributed by atoms with Gasteiger partial charge in [-0.15, -0.1) is 0 Å². The molecule has 3 rings (SSSR count). The minimum Gasteiger partial charge on any atom is -0.419 e. The molecule has 2 saturated heterocycles. The number of rotatable bonds is 3. The van der Waals surface area contributed by atoms with E-state index in [9.17, 15) is 9.59 Å². The molecule has 9 heteroatoms. The lowest BCUT2D eigenvalue weighted by molar-refractivity contribution is -0.115. The van der Waals surface area contributed by atoms with Crippen molar-refractivity contribution in [1.29, 1.82) is 0 Å². The van der Waals surface area contributed by atoms with Crippen molar-refractivity contribution >= 4 is 35.1 Å². The molecule has 0 spiro atoms. The van der Waals surface area contributed by atoms with E-state index in [0.29, 0.717) is 35.2 Å². The van der Waals surface area contributed by atoms with Crippen LogP contribution in [0.2, 0.25) is 5.02 Å². The predicted molar refractivity (Wildman–Crippen MR) is 112 cm³/mol. The highest BCUT2D eigenvalue weighted by Crippen LogP contribution is 2.29. The van der Waals surface area contributed by atoms with Gasteiger partial charge in [0.25, 0.3) is 5.91 Å². The number of anilines is 1. The number of carbonyl (C=O) groups excluding carboxylic acids is 2. The quantitative estimate of drug-likeness (QED) is 0.706. The standard InChI is InChI=1S/C20H24ClN5O3/c1-4-8-22-17-15(5-2)18(27)26(16-7-6-14(21)13-23-16)19(17)29-20(28)25-11-9-24(3)10-12-25/h4-8,13,19H,9-12H2,1-3H3/b8-4-,15-5?,22-17+/t19-/m0/s1. The first-order valence-electron chi connectivity index (χ1n) is 9.41. The number of hydrogen-bond donors (Lipinski definition) is 0. The first-order chi connectivity index (χ1) is 14.0. The van der Waals surface area contributed by atoms with Gasteiger partial charge in [0, 0.05) is 38.6 Å². The van der Waals surface area contributed by atoms with Crippen LogP contribution in [0, 0.1) is 0 Å². The molecule has 0 bridgehead atoms. The summed E-state index contributed by atoms with van der Waals surface area (Å²) >= 11 is 5.94. The molecule has 8 nitrogen and oxygen atoms in total. The monoisotopic (exact) mass is 417 g/mol. The van der Waals surface area contributed by atoms with E-state index in [0.717, 1.165) is 13.1 Å². The number of aromatic nitrogens is 1. The van der Waals surface area contributed by atoms with Gasteiger partial charge in [-0.05, 0) is 33.0 Å². The predicted octanol–water partition coefficient (Wildman–Crippen LogP) is 2.71. The smallest absolute Gasteiger partial charge is 0.412 e. The Bertz CT molecular complexity index is 857. The number of ether oxygens (including phenoxy) is 1. The van der Waals surface area contributed by atoms with Gasteiger partial charge < -0.3 is 14.5 Å². The Labute approximate surface area is 175 Å². The number of halogens is 1. The third kappa shape index (κ3) is 4.49. The lowest BCUT2D eigenvalue weighted by Crippen LogP contribution is -2.50. The molecule has 2 fully saturated rings. The minimum atomic E-state index is -1.01. The molecule has 154 valence electrons. The molecule has 1 atom stereocenters. The van der Waals surface area contributed by atoms with Gasteiger partial charge in [-0.3, -0.25) is 9.79 Å². The number of pyridine rings is 1. The van der Waals surface area contributed by atoms with Gasteiger partial charge >= 0.3 is 6.09 Å². The number of amides is 2. The molecule has 0 radical (unpaired) electrons. The SMILES string of the molecule is CC=C1C(=O)N(c2ccc(Cl)cn2)[C@@H](OC(=O)N2CCN(C)CC2)/C1=N/C=C\C. The summed E-state index contributed by atoms with van der Waals surface area (Å²) in [6.45, 7) is 6.22. The lowest BCUT2D eigenvalue weighted by atomic mass is 10.2. The van der Waals surface area contributed by atoms with Crippen molar-refractivity contribution in [3.8, 4) is 0 Å². The average molecular weight is 418 g/mol. The molecule has 2 aliphatic heterocycles. The molecule has 0 aliphatic carbocycles. The van der Waals surface area contributed by atoms with Crippen LogP contribution >= 0.6 is 11.6 Å².